The van der Waals surface area contributed by atoms with Crippen molar-refractivity contribution in [1.29, 1.82) is 0 Å². The highest BCUT2D eigenvalue weighted by Gasteiger charge is 2.28. The van der Waals surface area contributed by atoms with E-state index in [4.69, 9.17) is 0 Å². The van der Waals surface area contributed by atoms with Crippen LogP contribution in [0.2, 0.25) is 0 Å². The zero-order chi connectivity index (χ0) is 17.8. The Labute approximate surface area is 148 Å². The van der Waals surface area contributed by atoms with Crippen LogP contribution in [-0.4, -0.2) is 38.5 Å². The van der Waals surface area contributed by atoms with Crippen LogP contribution in [0.4, 0.5) is 0 Å². The number of phenols is 1. The maximum Gasteiger partial charge on any atom is 0.257 e. The Morgan fingerprint density at radius 2 is 2.00 bits per heavy atom. The molecule has 3 rings (SSSR count). The molecule has 1 amide bonds. The third-order valence-corrected chi connectivity index (χ3v) is 4.92. The molecule has 5 heteroatoms. The summed E-state index contributed by atoms with van der Waals surface area (Å²) in [7, 11) is 0. The molecule has 1 atom stereocenters. The molecule has 0 spiro atoms. The summed E-state index contributed by atoms with van der Waals surface area (Å²) in [6, 6.07) is 7.57. The van der Waals surface area contributed by atoms with Crippen LogP contribution in [0.1, 0.15) is 53.1 Å². The molecule has 25 heavy (non-hydrogen) atoms. The molecule has 5 nitrogen and oxygen atoms in total. The smallest absolute Gasteiger partial charge is 0.257 e. The Kier molecular flexibility index (Phi) is 5.31. The first-order chi connectivity index (χ1) is 12.0. The monoisotopic (exact) mass is 339 g/mol. The van der Waals surface area contributed by atoms with Crippen LogP contribution in [-0.2, 0) is 6.42 Å². The van der Waals surface area contributed by atoms with Crippen molar-refractivity contribution in [1.82, 2.24) is 14.9 Å². The van der Waals surface area contributed by atoms with Crippen molar-refractivity contribution in [2.45, 2.75) is 52.0 Å². The van der Waals surface area contributed by atoms with Gasteiger partial charge in [0.15, 0.2) is 0 Å². The summed E-state index contributed by atoms with van der Waals surface area (Å²) in [6.07, 6.45) is 6.74. The summed E-state index contributed by atoms with van der Waals surface area (Å²) in [5, 5.41) is 9.40. The molecule has 1 aliphatic rings. The number of rotatable bonds is 4. The van der Waals surface area contributed by atoms with Crippen molar-refractivity contribution in [2.24, 2.45) is 0 Å². The number of nitrogens with zero attached hydrogens (tertiary/aromatic N) is 3. The highest BCUT2D eigenvalue weighted by atomic mass is 16.3. The number of aryl methyl sites for hydroxylation is 3. The highest BCUT2D eigenvalue weighted by molar-refractivity contribution is 5.95. The Bertz CT molecular complexity index is 743. The number of hydrogen-bond acceptors (Lipinski definition) is 4. The average Bonchev–Trinajstić information content (AvgIpc) is 2.61. The van der Waals surface area contributed by atoms with Crippen LogP contribution in [0.25, 0.3) is 0 Å². The van der Waals surface area contributed by atoms with E-state index < -0.39 is 0 Å². The Morgan fingerprint density at radius 3 is 2.72 bits per heavy atom. The van der Waals surface area contributed by atoms with E-state index in [1.807, 2.05) is 30.9 Å². The lowest BCUT2D eigenvalue weighted by molar-refractivity contribution is 0.0600. The van der Waals surface area contributed by atoms with Crippen molar-refractivity contribution in [3.63, 3.8) is 0 Å². The van der Waals surface area contributed by atoms with E-state index in [1.165, 1.54) is 5.56 Å². The van der Waals surface area contributed by atoms with E-state index in [0.717, 1.165) is 44.3 Å². The Morgan fingerprint density at radius 1 is 1.24 bits per heavy atom. The summed E-state index contributed by atoms with van der Waals surface area (Å²) in [6.45, 7) is 4.51. The van der Waals surface area contributed by atoms with Gasteiger partial charge in [-0.2, -0.15) is 0 Å². The molecule has 1 aromatic carbocycles. The molecule has 2 heterocycles. The van der Waals surface area contributed by atoms with Gasteiger partial charge in [-0.1, -0.05) is 12.1 Å². The number of benzene rings is 1. The molecule has 2 aromatic rings. The van der Waals surface area contributed by atoms with Gasteiger partial charge in [0.05, 0.1) is 11.3 Å². The van der Waals surface area contributed by atoms with Gasteiger partial charge in [-0.05, 0) is 63.6 Å². The summed E-state index contributed by atoms with van der Waals surface area (Å²) < 4.78 is 0. The third kappa shape index (κ3) is 4.16. The summed E-state index contributed by atoms with van der Waals surface area (Å²) in [5.74, 6) is 1.03. The number of likely N-dealkylation sites (tertiary alicyclic amines) is 1. The van der Waals surface area contributed by atoms with E-state index in [-0.39, 0.29) is 17.7 Å². The predicted molar refractivity (Wildman–Crippen MR) is 96.6 cm³/mol. The number of aromatic hydroxyl groups is 1. The van der Waals surface area contributed by atoms with Gasteiger partial charge in [-0.25, -0.2) is 9.97 Å². The molecule has 1 N–H and O–H groups in total. The zero-order valence-electron chi connectivity index (χ0n) is 14.9. The molecular weight excluding hydrogens is 314 g/mol. The lowest BCUT2D eigenvalue weighted by Crippen LogP contribution is -2.44. The normalized spacial score (nSPS) is 17.5. The van der Waals surface area contributed by atoms with Crippen LogP contribution in [0.5, 0.6) is 5.75 Å². The lowest BCUT2D eigenvalue weighted by Gasteiger charge is -2.36. The number of carbonyl (C=O) groups is 1. The standard InChI is InChI=1S/C20H25N3O2/c1-14-19(13-21-15(2)22-14)20(25)23-12-4-3-5-17(23)9-6-16-7-10-18(24)11-8-16/h7-8,10-11,13,17,24H,3-6,9,12H2,1-2H3/t17-/m1/s1. The predicted octanol–water partition coefficient (Wildman–Crippen LogP) is 3.43. The SMILES string of the molecule is Cc1ncc(C(=O)N2CCCC[C@@H]2CCc2ccc(O)cc2)c(C)n1. The lowest BCUT2D eigenvalue weighted by atomic mass is 9.95. The van der Waals surface area contributed by atoms with Gasteiger partial charge in [0.2, 0.25) is 0 Å². The number of piperidine rings is 1. The first-order valence-electron chi connectivity index (χ1n) is 8.93. The van der Waals surface area contributed by atoms with Gasteiger partial charge in [-0.15, -0.1) is 0 Å². The van der Waals surface area contributed by atoms with E-state index >= 15 is 0 Å². The van der Waals surface area contributed by atoms with Gasteiger partial charge in [0.1, 0.15) is 11.6 Å². The fourth-order valence-corrected chi connectivity index (χ4v) is 3.51. The molecule has 0 saturated carbocycles. The van der Waals surface area contributed by atoms with Crippen molar-refractivity contribution in [2.75, 3.05) is 6.54 Å². The van der Waals surface area contributed by atoms with Crippen LogP contribution >= 0.6 is 0 Å². The van der Waals surface area contributed by atoms with E-state index in [0.29, 0.717) is 11.4 Å². The maximum atomic E-state index is 13.0. The van der Waals surface area contributed by atoms with E-state index in [9.17, 15) is 9.90 Å². The van der Waals surface area contributed by atoms with Crippen LogP contribution in [0.3, 0.4) is 0 Å². The second-order valence-electron chi connectivity index (χ2n) is 6.77. The summed E-state index contributed by atoms with van der Waals surface area (Å²) >= 11 is 0. The zero-order valence-corrected chi connectivity index (χ0v) is 14.9. The van der Waals surface area contributed by atoms with Crippen molar-refractivity contribution in [3.05, 3.63) is 53.1 Å². The van der Waals surface area contributed by atoms with Crippen molar-refractivity contribution in [3.8, 4) is 5.75 Å². The number of hydrogen-bond donors (Lipinski definition) is 1. The van der Waals surface area contributed by atoms with Crippen LogP contribution < -0.4 is 0 Å². The minimum atomic E-state index is 0.0490. The quantitative estimate of drug-likeness (QED) is 0.927. The topological polar surface area (TPSA) is 66.3 Å². The minimum Gasteiger partial charge on any atom is -0.508 e. The second kappa shape index (κ2) is 7.64. The van der Waals surface area contributed by atoms with Crippen molar-refractivity contribution >= 4 is 5.91 Å². The van der Waals surface area contributed by atoms with Gasteiger partial charge in [0.25, 0.3) is 5.91 Å². The van der Waals surface area contributed by atoms with Crippen molar-refractivity contribution < 1.29 is 9.90 Å². The van der Waals surface area contributed by atoms with Crippen LogP contribution in [0.15, 0.2) is 30.5 Å². The third-order valence-electron chi connectivity index (χ3n) is 4.92. The van der Waals surface area contributed by atoms with Gasteiger partial charge in [0, 0.05) is 18.8 Å². The van der Waals surface area contributed by atoms with Gasteiger partial charge in [-0.3, -0.25) is 4.79 Å². The highest BCUT2D eigenvalue weighted by Crippen LogP contribution is 2.24. The molecule has 1 aliphatic heterocycles. The number of phenolic OH excluding ortho intramolecular Hbond substituents is 1. The van der Waals surface area contributed by atoms with Crippen LogP contribution in [0, 0.1) is 13.8 Å². The molecule has 1 saturated heterocycles. The molecule has 0 unspecified atom stereocenters. The molecule has 0 aliphatic carbocycles. The molecule has 0 radical (unpaired) electrons. The first-order valence-corrected chi connectivity index (χ1v) is 8.93. The fraction of sp³-hybridized carbons (Fsp3) is 0.450. The number of amides is 1. The Hall–Kier alpha value is -2.43. The molecule has 132 valence electrons. The molecule has 0 bridgehead atoms. The number of aromatic nitrogens is 2. The number of carbonyl (C=O) groups excluding carboxylic acids is 1. The van der Waals surface area contributed by atoms with Gasteiger partial charge < -0.3 is 10.0 Å². The van der Waals surface area contributed by atoms with E-state index in [1.54, 1.807) is 18.3 Å². The fourth-order valence-electron chi connectivity index (χ4n) is 3.51. The molecule has 1 aromatic heterocycles. The second-order valence-corrected chi connectivity index (χ2v) is 6.77. The Balaban J connectivity index is 1.71. The van der Waals surface area contributed by atoms with E-state index in [2.05, 4.69) is 9.97 Å². The average molecular weight is 339 g/mol. The minimum absolute atomic E-state index is 0.0490. The van der Waals surface area contributed by atoms with Gasteiger partial charge >= 0.3 is 0 Å². The molecule has 1 fully saturated rings. The summed E-state index contributed by atoms with van der Waals surface area (Å²) in [4.78, 5) is 23.6. The maximum absolute atomic E-state index is 13.0. The first kappa shape index (κ1) is 17.4. The summed E-state index contributed by atoms with van der Waals surface area (Å²) in [5.41, 5.74) is 2.55. The molecular formula is C20H25N3O2. The largest absolute Gasteiger partial charge is 0.508 e.